The van der Waals surface area contributed by atoms with E-state index in [9.17, 15) is 4.21 Å². The first-order valence-electron chi connectivity index (χ1n) is 6.14. The summed E-state index contributed by atoms with van der Waals surface area (Å²) in [5.41, 5.74) is 0. The lowest BCUT2D eigenvalue weighted by Crippen LogP contribution is -2.35. The largest absolute Gasteiger partial charge is 0.317 e. The number of hydrogen-bond acceptors (Lipinski definition) is 2. The summed E-state index contributed by atoms with van der Waals surface area (Å²) in [6.45, 7) is 0. The van der Waals surface area contributed by atoms with Crippen LogP contribution in [0.15, 0.2) is 23.1 Å². The molecule has 0 spiro atoms. The predicted molar refractivity (Wildman–Crippen MR) is 78.0 cm³/mol. The van der Waals surface area contributed by atoms with Crippen LogP contribution in [0.4, 0.5) is 0 Å². The Morgan fingerprint density at radius 2 is 2.06 bits per heavy atom. The fourth-order valence-electron chi connectivity index (χ4n) is 2.40. The maximum atomic E-state index is 12.5. The Kier molecular flexibility index (Phi) is 5.07. The van der Waals surface area contributed by atoms with Crippen molar-refractivity contribution in [2.45, 2.75) is 41.9 Å². The second-order valence-electron chi connectivity index (χ2n) is 4.65. The van der Waals surface area contributed by atoms with E-state index < -0.39 is 10.8 Å². The monoisotopic (exact) mass is 305 g/mol. The van der Waals surface area contributed by atoms with Crippen LogP contribution in [-0.4, -0.2) is 22.5 Å². The van der Waals surface area contributed by atoms with E-state index in [-0.39, 0.29) is 5.25 Å². The molecule has 18 heavy (non-hydrogen) atoms. The van der Waals surface area contributed by atoms with Crippen LogP contribution in [0.1, 0.15) is 25.7 Å². The first-order chi connectivity index (χ1) is 8.61. The molecule has 0 radical (unpaired) electrons. The lowest BCUT2D eigenvalue weighted by molar-refractivity contribution is 0.398. The van der Waals surface area contributed by atoms with Crippen molar-refractivity contribution in [2.75, 3.05) is 7.05 Å². The molecule has 1 saturated carbocycles. The van der Waals surface area contributed by atoms with Crippen LogP contribution in [0.5, 0.6) is 0 Å². The molecule has 3 atom stereocenters. The lowest BCUT2D eigenvalue weighted by Gasteiger charge is -2.28. The van der Waals surface area contributed by atoms with Gasteiger partial charge < -0.3 is 5.32 Å². The van der Waals surface area contributed by atoms with Crippen molar-refractivity contribution in [1.29, 1.82) is 0 Å². The van der Waals surface area contributed by atoms with Gasteiger partial charge in [0.25, 0.3) is 0 Å². The molecule has 3 unspecified atom stereocenters. The minimum atomic E-state index is -0.994. The van der Waals surface area contributed by atoms with Crippen LogP contribution < -0.4 is 5.32 Å². The summed E-state index contributed by atoms with van der Waals surface area (Å²) in [5, 5.41) is 4.48. The summed E-state index contributed by atoms with van der Waals surface area (Å²) in [5.74, 6) is 0. The molecule has 1 fully saturated rings. The minimum absolute atomic E-state index is 0.216. The van der Waals surface area contributed by atoms with Crippen molar-refractivity contribution >= 4 is 34.0 Å². The average molecular weight is 306 g/mol. The molecule has 0 bridgehead atoms. The summed E-state index contributed by atoms with van der Waals surface area (Å²) >= 11 is 11.8. The second-order valence-corrected chi connectivity index (χ2v) is 7.19. The first kappa shape index (κ1) is 14.3. The fraction of sp³-hybridized carbons (Fsp3) is 0.538. The molecule has 100 valence electrons. The summed E-state index contributed by atoms with van der Waals surface area (Å²) < 4.78 is 12.5. The highest BCUT2D eigenvalue weighted by Gasteiger charge is 2.26. The van der Waals surface area contributed by atoms with Crippen molar-refractivity contribution in [1.82, 2.24) is 5.32 Å². The normalized spacial score (nSPS) is 25.9. The molecule has 0 aromatic heterocycles. The maximum absolute atomic E-state index is 12.5. The highest BCUT2D eigenvalue weighted by Crippen LogP contribution is 2.29. The van der Waals surface area contributed by atoms with Gasteiger partial charge in [0.2, 0.25) is 0 Å². The van der Waals surface area contributed by atoms with E-state index in [4.69, 9.17) is 23.2 Å². The SMILES string of the molecule is CNC1CCCC(S(=O)c2ccc(Cl)c(Cl)c2)C1. The standard InChI is InChI=1S/C13H17Cl2NOS/c1-16-9-3-2-4-10(7-9)18(17)11-5-6-12(14)13(15)8-11/h5-6,8-10,16H,2-4,7H2,1H3. The van der Waals surface area contributed by atoms with Gasteiger partial charge in [-0.1, -0.05) is 29.6 Å². The quantitative estimate of drug-likeness (QED) is 0.924. The minimum Gasteiger partial charge on any atom is -0.317 e. The highest BCUT2D eigenvalue weighted by molar-refractivity contribution is 7.85. The Bertz CT molecular complexity index is 453. The van der Waals surface area contributed by atoms with E-state index in [2.05, 4.69) is 5.32 Å². The van der Waals surface area contributed by atoms with Gasteiger partial charge in [-0.25, -0.2) is 0 Å². The van der Waals surface area contributed by atoms with Crippen molar-refractivity contribution in [2.24, 2.45) is 0 Å². The van der Waals surface area contributed by atoms with Crippen LogP contribution in [0.2, 0.25) is 10.0 Å². The Balaban J connectivity index is 2.12. The first-order valence-corrected chi connectivity index (χ1v) is 8.11. The number of hydrogen-bond donors (Lipinski definition) is 1. The zero-order chi connectivity index (χ0) is 13.1. The lowest BCUT2D eigenvalue weighted by atomic mass is 9.95. The number of rotatable bonds is 3. The molecular formula is C13H17Cl2NOS. The van der Waals surface area contributed by atoms with Crippen LogP contribution in [0.25, 0.3) is 0 Å². The molecule has 5 heteroatoms. The molecule has 0 amide bonds. The third-order valence-electron chi connectivity index (χ3n) is 3.46. The van der Waals surface area contributed by atoms with Gasteiger partial charge >= 0.3 is 0 Å². The molecule has 0 aliphatic heterocycles. The Hall–Kier alpha value is -0.0900. The van der Waals surface area contributed by atoms with Gasteiger partial charge in [0.05, 0.1) is 20.8 Å². The predicted octanol–water partition coefficient (Wildman–Crippen LogP) is 3.63. The molecule has 1 aliphatic carbocycles. The van der Waals surface area contributed by atoms with Crippen molar-refractivity contribution in [3.63, 3.8) is 0 Å². The summed E-state index contributed by atoms with van der Waals surface area (Å²) in [6.07, 6.45) is 4.28. The van der Waals surface area contributed by atoms with Crippen LogP contribution >= 0.6 is 23.2 Å². The van der Waals surface area contributed by atoms with Crippen LogP contribution in [-0.2, 0) is 10.8 Å². The molecule has 1 aromatic rings. The highest BCUT2D eigenvalue weighted by atomic mass is 35.5. The van der Waals surface area contributed by atoms with Gasteiger partial charge in [-0.05, 0) is 44.5 Å². The summed E-state index contributed by atoms with van der Waals surface area (Å²) in [7, 11) is 0.974. The molecule has 1 aromatic carbocycles. The van der Waals surface area contributed by atoms with Gasteiger partial charge in [-0.3, -0.25) is 4.21 Å². The number of nitrogens with one attached hydrogen (secondary N) is 1. The van der Waals surface area contributed by atoms with Crippen molar-refractivity contribution in [3.8, 4) is 0 Å². The molecule has 1 N–H and O–H groups in total. The van der Waals surface area contributed by atoms with Gasteiger partial charge in [0.1, 0.15) is 0 Å². The fourth-order valence-corrected chi connectivity index (χ4v) is 4.37. The van der Waals surface area contributed by atoms with Gasteiger partial charge in [0.15, 0.2) is 0 Å². The smallest absolute Gasteiger partial charge is 0.0604 e. The Morgan fingerprint density at radius 1 is 1.28 bits per heavy atom. The van der Waals surface area contributed by atoms with Crippen molar-refractivity contribution in [3.05, 3.63) is 28.2 Å². The van der Waals surface area contributed by atoms with E-state index >= 15 is 0 Å². The van der Waals surface area contributed by atoms with Gasteiger partial charge in [-0.15, -0.1) is 0 Å². The molecule has 2 nitrogen and oxygen atoms in total. The van der Waals surface area contributed by atoms with Gasteiger partial charge in [0, 0.05) is 16.2 Å². The number of benzene rings is 1. The summed E-state index contributed by atoms with van der Waals surface area (Å²) in [4.78, 5) is 0.783. The van der Waals surface area contributed by atoms with Crippen LogP contribution in [0.3, 0.4) is 0 Å². The molecular weight excluding hydrogens is 289 g/mol. The van der Waals surface area contributed by atoms with E-state index in [0.717, 1.165) is 24.2 Å². The molecule has 0 saturated heterocycles. The van der Waals surface area contributed by atoms with Crippen LogP contribution in [0, 0.1) is 0 Å². The average Bonchev–Trinajstić information content (AvgIpc) is 2.41. The zero-order valence-electron chi connectivity index (χ0n) is 10.3. The second kappa shape index (κ2) is 6.38. The third kappa shape index (κ3) is 3.27. The van der Waals surface area contributed by atoms with E-state index in [1.54, 1.807) is 12.1 Å². The van der Waals surface area contributed by atoms with Crippen molar-refractivity contribution < 1.29 is 4.21 Å². The van der Waals surface area contributed by atoms with E-state index in [0.29, 0.717) is 16.1 Å². The molecule has 0 heterocycles. The third-order valence-corrected chi connectivity index (χ3v) is 5.95. The summed E-state index contributed by atoms with van der Waals surface area (Å²) in [6, 6.07) is 5.74. The maximum Gasteiger partial charge on any atom is 0.0604 e. The Morgan fingerprint density at radius 3 is 2.72 bits per heavy atom. The molecule has 2 rings (SSSR count). The topological polar surface area (TPSA) is 29.1 Å². The Labute approximate surface area is 121 Å². The molecule has 1 aliphatic rings. The number of halogens is 2. The van der Waals surface area contributed by atoms with Gasteiger partial charge in [-0.2, -0.15) is 0 Å². The van der Waals surface area contributed by atoms with E-state index in [1.807, 2.05) is 13.1 Å². The van der Waals surface area contributed by atoms with E-state index in [1.165, 1.54) is 6.42 Å². The zero-order valence-corrected chi connectivity index (χ0v) is 12.6.